The summed E-state index contributed by atoms with van der Waals surface area (Å²) in [6, 6.07) is 25.1. The molecule has 4 aromatic rings. The minimum absolute atomic E-state index is 0.163. The van der Waals surface area contributed by atoms with Crippen molar-refractivity contribution in [2.75, 3.05) is 0 Å². The highest BCUT2D eigenvalue weighted by Crippen LogP contribution is 2.23. The summed E-state index contributed by atoms with van der Waals surface area (Å²) in [5, 5.41) is 14.3. The number of hydrogen-bond acceptors (Lipinski definition) is 4. The molecule has 28 heavy (non-hydrogen) atoms. The third-order valence-corrected chi connectivity index (χ3v) is 4.54. The lowest BCUT2D eigenvalue weighted by molar-refractivity contribution is 0.0943. The smallest absolute Gasteiger partial charge is 0.252 e. The summed E-state index contributed by atoms with van der Waals surface area (Å²) in [7, 11) is 0. The SMILES string of the molecule is Cc1ccc(C(NC(=O)c2cccc(-n3cnnn3)c2)c2ccccc2)cc1. The standard InChI is InChI=1S/C22H19N5O/c1-16-10-12-18(13-11-16)21(17-6-3-2-4-7-17)24-22(28)19-8-5-9-20(14-19)27-15-23-25-26-27/h2-15,21H,1H3,(H,24,28). The lowest BCUT2D eigenvalue weighted by Gasteiger charge is -2.20. The number of aryl methyl sites for hydroxylation is 1. The minimum atomic E-state index is -0.244. The van der Waals surface area contributed by atoms with Crippen molar-refractivity contribution in [1.82, 2.24) is 25.5 Å². The molecule has 4 rings (SSSR count). The van der Waals surface area contributed by atoms with E-state index in [-0.39, 0.29) is 11.9 Å². The van der Waals surface area contributed by atoms with Crippen LogP contribution in [0, 0.1) is 6.92 Å². The Morgan fingerprint density at radius 2 is 1.68 bits per heavy atom. The quantitative estimate of drug-likeness (QED) is 0.584. The van der Waals surface area contributed by atoms with Crippen LogP contribution >= 0.6 is 0 Å². The molecule has 0 saturated carbocycles. The van der Waals surface area contributed by atoms with Crippen LogP contribution in [0.15, 0.2) is 85.2 Å². The highest BCUT2D eigenvalue weighted by Gasteiger charge is 2.18. The van der Waals surface area contributed by atoms with E-state index in [9.17, 15) is 4.79 Å². The van der Waals surface area contributed by atoms with Gasteiger partial charge in [0.05, 0.1) is 11.7 Å². The first-order valence-electron chi connectivity index (χ1n) is 8.96. The second kappa shape index (κ2) is 7.84. The Balaban J connectivity index is 1.64. The Kier molecular flexibility index (Phi) is 4.93. The maximum absolute atomic E-state index is 13.0. The van der Waals surface area contributed by atoms with E-state index in [0.717, 1.165) is 16.8 Å². The summed E-state index contributed by atoms with van der Waals surface area (Å²) >= 11 is 0. The lowest BCUT2D eigenvalue weighted by atomic mass is 9.97. The minimum Gasteiger partial charge on any atom is -0.341 e. The Morgan fingerprint density at radius 3 is 2.39 bits per heavy atom. The summed E-state index contributed by atoms with van der Waals surface area (Å²) in [6.45, 7) is 2.05. The molecule has 0 aliphatic carbocycles. The van der Waals surface area contributed by atoms with Crippen molar-refractivity contribution in [3.63, 3.8) is 0 Å². The summed E-state index contributed by atoms with van der Waals surface area (Å²) in [5.41, 5.74) is 4.50. The van der Waals surface area contributed by atoms with Gasteiger partial charge in [-0.1, -0.05) is 66.2 Å². The van der Waals surface area contributed by atoms with Gasteiger partial charge in [0, 0.05) is 5.56 Å². The lowest BCUT2D eigenvalue weighted by Crippen LogP contribution is -2.29. The summed E-state index contributed by atoms with van der Waals surface area (Å²) in [4.78, 5) is 13.0. The van der Waals surface area contributed by atoms with Gasteiger partial charge in [-0.05, 0) is 46.7 Å². The number of carbonyl (C=O) groups excluding carboxylic acids is 1. The van der Waals surface area contributed by atoms with Gasteiger partial charge in [0.2, 0.25) is 0 Å². The molecular formula is C22H19N5O. The topological polar surface area (TPSA) is 72.7 Å². The maximum Gasteiger partial charge on any atom is 0.252 e. The molecule has 1 unspecified atom stereocenters. The fraction of sp³-hybridized carbons (Fsp3) is 0.0909. The molecule has 6 nitrogen and oxygen atoms in total. The monoisotopic (exact) mass is 369 g/mol. The predicted octanol–water partition coefficient (Wildman–Crippen LogP) is 3.49. The maximum atomic E-state index is 13.0. The highest BCUT2D eigenvalue weighted by molar-refractivity contribution is 5.95. The highest BCUT2D eigenvalue weighted by atomic mass is 16.1. The van der Waals surface area contributed by atoms with Crippen molar-refractivity contribution < 1.29 is 4.79 Å². The number of amides is 1. The number of aromatic nitrogens is 4. The molecule has 0 saturated heterocycles. The van der Waals surface area contributed by atoms with Crippen LogP contribution in [0.5, 0.6) is 0 Å². The average molecular weight is 369 g/mol. The molecule has 0 fully saturated rings. The zero-order chi connectivity index (χ0) is 19.3. The first-order chi connectivity index (χ1) is 13.7. The van der Waals surface area contributed by atoms with Crippen molar-refractivity contribution in [2.24, 2.45) is 0 Å². The van der Waals surface area contributed by atoms with E-state index < -0.39 is 0 Å². The van der Waals surface area contributed by atoms with E-state index >= 15 is 0 Å². The third-order valence-electron chi connectivity index (χ3n) is 4.54. The van der Waals surface area contributed by atoms with E-state index in [2.05, 4.69) is 33.0 Å². The van der Waals surface area contributed by atoms with Crippen molar-refractivity contribution in [1.29, 1.82) is 0 Å². The second-order valence-electron chi connectivity index (χ2n) is 6.53. The molecule has 0 bridgehead atoms. The van der Waals surface area contributed by atoms with Gasteiger partial charge in [-0.3, -0.25) is 4.79 Å². The van der Waals surface area contributed by atoms with Crippen molar-refractivity contribution in [2.45, 2.75) is 13.0 Å². The number of tetrazole rings is 1. The van der Waals surface area contributed by atoms with Gasteiger partial charge in [0.15, 0.2) is 0 Å². The Bertz CT molecular complexity index is 1060. The molecule has 1 heterocycles. The number of carbonyl (C=O) groups is 1. The zero-order valence-electron chi connectivity index (χ0n) is 15.4. The number of benzene rings is 3. The van der Waals surface area contributed by atoms with Crippen LogP contribution in [-0.4, -0.2) is 26.1 Å². The Hall–Kier alpha value is -3.80. The number of nitrogens with one attached hydrogen (secondary N) is 1. The van der Waals surface area contributed by atoms with Gasteiger partial charge in [-0.25, -0.2) is 4.68 Å². The molecule has 0 aliphatic rings. The molecule has 0 spiro atoms. The van der Waals surface area contributed by atoms with E-state index in [1.807, 2.05) is 61.5 Å². The molecule has 6 heteroatoms. The van der Waals surface area contributed by atoms with E-state index in [4.69, 9.17) is 0 Å². The average Bonchev–Trinajstić information content (AvgIpc) is 3.28. The van der Waals surface area contributed by atoms with Crippen LogP contribution in [0.1, 0.15) is 33.1 Å². The Morgan fingerprint density at radius 1 is 0.929 bits per heavy atom. The predicted molar refractivity (Wildman–Crippen MR) is 106 cm³/mol. The van der Waals surface area contributed by atoms with Gasteiger partial charge in [0.1, 0.15) is 6.33 Å². The van der Waals surface area contributed by atoms with Crippen molar-refractivity contribution >= 4 is 5.91 Å². The first kappa shape index (κ1) is 17.6. The van der Waals surface area contributed by atoms with Crippen molar-refractivity contribution in [3.05, 3.63) is 107 Å². The van der Waals surface area contributed by atoms with Crippen LogP contribution in [0.3, 0.4) is 0 Å². The molecule has 0 aliphatic heterocycles. The molecule has 1 N–H and O–H groups in total. The van der Waals surface area contributed by atoms with Crippen LogP contribution in [0.25, 0.3) is 5.69 Å². The fourth-order valence-electron chi connectivity index (χ4n) is 3.05. The van der Waals surface area contributed by atoms with Gasteiger partial charge >= 0.3 is 0 Å². The van der Waals surface area contributed by atoms with Crippen LogP contribution in [0.4, 0.5) is 0 Å². The molecular weight excluding hydrogens is 350 g/mol. The summed E-state index contributed by atoms with van der Waals surface area (Å²) in [6.07, 6.45) is 1.50. The van der Waals surface area contributed by atoms with Gasteiger partial charge < -0.3 is 5.32 Å². The normalized spacial score (nSPS) is 11.8. The van der Waals surface area contributed by atoms with Gasteiger partial charge in [-0.2, -0.15) is 0 Å². The van der Waals surface area contributed by atoms with Crippen LogP contribution in [0.2, 0.25) is 0 Å². The van der Waals surface area contributed by atoms with E-state index in [1.54, 1.807) is 12.1 Å². The molecule has 138 valence electrons. The third kappa shape index (κ3) is 3.81. The van der Waals surface area contributed by atoms with Crippen LogP contribution in [-0.2, 0) is 0 Å². The molecule has 1 aromatic heterocycles. The second-order valence-corrected chi connectivity index (χ2v) is 6.53. The summed E-state index contributed by atoms with van der Waals surface area (Å²) in [5.74, 6) is -0.163. The van der Waals surface area contributed by atoms with Gasteiger partial charge in [-0.15, -0.1) is 5.10 Å². The van der Waals surface area contributed by atoms with Crippen LogP contribution < -0.4 is 5.32 Å². The summed E-state index contributed by atoms with van der Waals surface area (Å²) < 4.78 is 1.52. The zero-order valence-corrected chi connectivity index (χ0v) is 15.4. The first-order valence-corrected chi connectivity index (χ1v) is 8.96. The van der Waals surface area contributed by atoms with E-state index in [1.165, 1.54) is 16.6 Å². The number of rotatable bonds is 5. The fourth-order valence-corrected chi connectivity index (χ4v) is 3.05. The number of nitrogens with zero attached hydrogens (tertiary/aromatic N) is 4. The molecule has 1 atom stereocenters. The number of hydrogen-bond donors (Lipinski definition) is 1. The Labute approximate surface area is 162 Å². The molecule has 0 radical (unpaired) electrons. The van der Waals surface area contributed by atoms with E-state index in [0.29, 0.717) is 5.56 Å². The largest absolute Gasteiger partial charge is 0.341 e. The van der Waals surface area contributed by atoms with Gasteiger partial charge in [0.25, 0.3) is 5.91 Å². The van der Waals surface area contributed by atoms with Crippen molar-refractivity contribution in [3.8, 4) is 5.69 Å². The molecule has 1 amide bonds. The molecule has 3 aromatic carbocycles.